The van der Waals surface area contributed by atoms with Crippen LogP contribution >= 0.6 is 0 Å². The highest BCUT2D eigenvalue weighted by Gasteiger charge is 2.05. The topological polar surface area (TPSA) is 20.2 Å². The second-order valence-electron chi connectivity index (χ2n) is 2.61. The third-order valence-electron chi connectivity index (χ3n) is 1.49. The van der Waals surface area contributed by atoms with Crippen LogP contribution < -0.4 is 0 Å². The van der Waals surface area contributed by atoms with Gasteiger partial charge in [0.25, 0.3) is 0 Å². The first-order valence-electron chi connectivity index (χ1n) is 4.01. The van der Waals surface area contributed by atoms with Crippen LogP contribution in [0.15, 0.2) is 12.7 Å². The Morgan fingerprint density at radius 1 is 1.64 bits per heavy atom. The molecule has 62 valence electrons. The van der Waals surface area contributed by atoms with E-state index in [1.165, 1.54) is 0 Å². The van der Waals surface area contributed by atoms with Crippen LogP contribution in [-0.2, 0) is 0 Å². The Hall–Kier alpha value is -0.740. The average molecular weight is 152 g/mol. The van der Waals surface area contributed by atoms with E-state index in [4.69, 9.17) is 0 Å². The fourth-order valence-electron chi connectivity index (χ4n) is 0.562. The number of aliphatic hydroxyl groups excluding tert-OH is 1. The lowest BCUT2D eigenvalue weighted by atomic mass is 10.1. The molecule has 0 aliphatic heterocycles. The summed E-state index contributed by atoms with van der Waals surface area (Å²) < 4.78 is 0. The van der Waals surface area contributed by atoms with Crippen molar-refractivity contribution in [2.45, 2.75) is 32.8 Å². The van der Waals surface area contributed by atoms with Crippen LogP contribution in [0.2, 0.25) is 0 Å². The summed E-state index contributed by atoms with van der Waals surface area (Å²) >= 11 is 0. The van der Waals surface area contributed by atoms with Crippen LogP contribution in [0.1, 0.15) is 26.7 Å². The zero-order valence-corrected chi connectivity index (χ0v) is 7.30. The van der Waals surface area contributed by atoms with E-state index in [-0.39, 0.29) is 5.92 Å². The van der Waals surface area contributed by atoms with E-state index in [1.807, 2.05) is 6.92 Å². The Morgan fingerprint density at radius 3 is 2.73 bits per heavy atom. The van der Waals surface area contributed by atoms with Gasteiger partial charge in [-0.3, -0.25) is 0 Å². The van der Waals surface area contributed by atoms with Crippen LogP contribution in [-0.4, -0.2) is 11.2 Å². The summed E-state index contributed by atoms with van der Waals surface area (Å²) in [6, 6.07) is 0. The van der Waals surface area contributed by atoms with Gasteiger partial charge in [-0.1, -0.05) is 25.8 Å². The second kappa shape index (κ2) is 6.00. The van der Waals surface area contributed by atoms with Crippen LogP contribution in [0, 0.1) is 17.8 Å². The van der Waals surface area contributed by atoms with Gasteiger partial charge in [0.05, 0.1) is 0 Å². The maximum Gasteiger partial charge on any atom is 0.120 e. The SMILES string of the molecule is C=C[C@@H](C)[C@H](O)C#CCCC. The van der Waals surface area contributed by atoms with Crippen LogP contribution in [0.25, 0.3) is 0 Å². The monoisotopic (exact) mass is 152 g/mol. The predicted octanol–water partition coefficient (Wildman–Crippen LogP) is 1.97. The van der Waals surface area contributed by atoms with Crippen molar-refractivity contribution in [1.82, 2.24) is 0 Å². The summed E-state index contributed by atoms with van der Waals surface area (Å²) in [5.74, 6) is 5.74. The molecule has 0 radical (unpaired) electrons. The lowest BCUT2D eigenvalue weighted by Crippen LogP contribution is -2.12. The van der Waals surface area contributed by atoms with Crippen LogP contribution in [0.4, 0.5) is 0 Å². The lowest BCUT2D eigenvalue weighted by molar-refractivity contribution is 0.195. The number of aliphatic hydroxyl groups is 1. The molecule has 0 aromatic carbocycles. The Kier molecular flexibility index (Phi) is 5.60. The molecule has 0 amide bonds. The molecule has 0 aromatic rings. The van der Waals surface area contributed by atoms with Gasteiger partial charge in [0.2, 0.25) is 0 Å². The molecule has 0 aromatic heterocycles. The molecule has 1 heteroatoms. The number of hydrogen-bond acceptors (Lipinski definition) is 1. The van der Waals surface area contributed by atoms with Gasteiger partial charge in [-0.05, 0) is 6.42 Å². The summed E-state index contributed by atoms with van der Waals surface area (Å²) in [5.41, 5.74) is 0. The van der Waals surface area contributed by atoms with Crippen molar-refractivity contribution in [3.8, 4) is 11.8 Å². The molecule has 0 aliphatic rings. The summed E-state index contributed by atoms with van der Waals surface area (Å²) in [6.45, 7) is 7.55. The van der Waals surface area contributed by atoms with Crippen molar-refractivity contribution in [1.29, 1.82) is 0 Å². The number of hydrogen-bond donors (Lipinski definition) is 1. The molecular weight excluding hydrogens is 136 g/mol. The van der Waals surface area contributed by atoms with Crippen molar-refractivity contribution in [2.24, 2.45) is 5.92 Å². The summed E-state index contributed by atoms with van der Waals surface area (Å²) in [6.07, 6.45) is 3.08. The Labute approximate surface area is 69.1 Å². The van der Waals surface area contributed by atoms with E-state index in [0.717, 1.165) is 12.8 Å². The van der Waals surface area contributed by atoms with Gasteiger partial charge in [-0.25, -0.2) is 0 Å². The van der Waals surface area contributed by atoms with Gasteiger partial charge in [0.1, 0.15) is 6.10 Å². The third-order valence-corrected chi connectivity index (χ3v) is 1.49. The molecule has 0 bridgehead atoms. The zero-order chi connectivity index (χ0) is 8.69. The first-order chi connectivity index (χ1) is 5.22. The molecule has 0 fully saturated rings. The summed E-state index contributed by atoms with van der Waals surface area (Å²) in [4.78, 5) is 0. The van der Waals surface area contributed by atoms with Crippen LogP contribution in [0.5, 0.6) is 0 Å². The van der Waals surface area contributed by atoms with Crippen molar-refractivity contribution in [2.75, 3.05) is 0 Å². The van der Waals surface area contributed by atoms with E-state index < -0.39 is 6.10 Å². The Balaban J connectivity index is 3.77. The first kappa shape index (κ1) is 10.3. The normalized spacial score (nSPS) is 14.5. The Morgan fingerprint density at radius 2 is 2.27 bits per heavy atom. The quantitative estimate of drug-likeness (QED) is 0.484. The molecule has 2 atom stereocenters. The van der Waals surface area contributed by atoms with E-state index in [1.54, 1.807) is 6.08 Å². The van der Waals surface area contributed by atoms with E-state index in [9.17, 15) is 5.11 Å². The maximum atomic E-state index is 9.30. The van der Waals surface area contributed by atoms with Gasteiger partial charge in [-0.2, -0.15) is 0 Å². The van der Waals surface area contributed by atoms with Gasteiger partial charge >= 0.3 is 0 Å². The molecule has 0 unspecified atom stereocenters. The van der Waals surface area contributed by atoms with Gasteiger partial charge < -0.3 is 5.11 Å². The molecule has 11 heavy (non-hydrogen) atoms. The Bertz CT molecular complexity index is 161. The van der Waals surface area contributed by atoms with E-state index in [0.29, 0.717) is 0 Å². The maximum absolute atomic E-state index is 9.30. The molecule has 0 heterocycles. The first-order valence-corrected chi connectivity index (χ1v) is 4.01. The molecule has 0 saturated carbocycles. The molecule has 1 nitrogen and oxygen atoms in total. The molecular formula is C10H16O. The average Bonchev–Trinajstić information content (AvgIpc) is 2.03. The lowest BCUT2D eigenvalue weighted by Gasteiger charge is -2.06. The molecule has 0 saturated heterocycles. The second-order valence-corrected chi connectivity index (χ2v) is 2.61. The molecule has 0 spiro atoms. The summed E-state index contributed by atoms with van der Waals surface area (Å²) in [5, 5.41) is 9.30. The van der Waals surface area contributed by atoms with Gasteiger partial charge in [-0.15, -0.1) is 12.5 Å². The molecule has 0 aliphatic carbocycles. The van der Waals surface area contributed by atoms with Gasteiger partial charge in [0.15, 0.2) is 0 Å². The molecule has 1 N–H and O–H groups in total. The highest BCUT2D eigenvalue weighted by Crippen LogP contribution is 2.01. The van der Waals surface area contributed by atoms with Crippen LogP contribution in [0.3, 0.4) is 0 Å². The highest BCUT2D eigenvalue weighted by molar-refractivity contribution is 5.07. The third kappa shape index (κ3) is 4.64. The fraction of sp³-hybridized carbons (Fsp3) is 0.600. The summed E-state index contributed by atoms with van der Waals surface area (Å²) in [7, 11) is 0. The largest absolute Gasteiger partial charge is 0.380 e. The predicted molar refractivity (Wildman–Crippen MR) is 48.1 cm³/mol. The minimum atomic E-state index is -0.543. The highest BCUT2D eigenvalue weighted by atomic mass is 16.3. The van der Waals surface area contributed by atoms with Crippen molar-refractivity contribution >= 4 is 0 Å². The number of unbranched alkanes of at least 4 members (excludes halogenated alkanes) is 1. The van der Waals surface area contributed by atoms with Gasteiger partial charge in [0, 0.05) is 12.3 Å². The number of rotatable bonds is 3. The standard InChI is InChI=1S/C10H16O/c1-4-6-7-8-10(11)9(3)5-2/h5,9-11H,2,4,6H2,1,3H3/t9-,10-/m1/s1. The van der Waals surface area contributed by atoms with E-state index >= 15 is 0 Å². The van der Waals surface area contributed by atoms with Crippen molar-refractivity contribution < 1.29 is 5.11 Å². The minimum Gasteiger partial charge on any atom is -0.380 e. The molecule has 0 rings (SSSR count). The van der Waals surface area contributed by atoms with Crippen molar-refractivity contribution in [3.63, 3.8) is 0 Å². The van der Waals surface area contributed by atoms with Crippen molar-refractivity contribution in [3.05, 3.63) is 12.7 Å². The zero-order valence-electron chi connectivity index (χ0n) is 7.30. The fourth-order valence-corrected chi connectivity index (χ4v) is 0.562. The minimum absolute atomic E-state index is 0.0688. The smallest absolute Gasteiger partial charge is 0.120 e. The van der Waals surface area contributed by atoms with E-state index in [2.05, 4.69) is 25.3 Å².